The molecule has 1 amide bonds. The minimum Gasteiger partial charge on any atom is -0.478 e. The van der Waals surface area contributed by atoms with Gasteiger partial charge < -0.3 is 15.4 Å². The van der Waals surface area contributed by atoms with Gasteiger partial charge in [-0.2, -0.15) is 0 Å². The van der Waals surface area contributed by atoms with Gasteiger partial charge in [-0.1, -0.05) is 29.5 Å². The van der Waals surface area contributed by atoms with E-state index in [0.29, 0.717) is 51.8 Å². The molecule has 3 saturated carbocycles. The highest BCUT2D eigenvalue weighted by Gasteiger charge is 2.88. The number of allylic oxidation sites excluding steroid dienone is 1. The van der Waals surface area contributed by atoms with E-state index in [4.69, 9.17) is 32.0 Å². The summed E-state index contributed by atoms with van der Waals surface area (Å²) in [7, 11) is 13.1. The lowest BCUT2D eigenvalue weighted by molar-refractivity contribution is 0.0984. The minimum absolute atomic E-state index is 0.0545. The molecule has 240 valence electrons. The van der Waals surface area contributed by atoms with Gasteiger partial charge in [0.05, 0.1) is 32.9 Å². The molecule has 2 aromatic heterocycles. The number of hydrogen-bond acceptors (Lipinski definition) is 7. The van der Waals surface area contributed by atoms with Crippen LogP contribution in [-0.2, 0) is 0 Å². The third-order valence-corrected chi connectivity index (χ3v) is 11.3. The van der Waals surface area contributed by atoms with Gasteiger partial charge in [0, 0.05) is 36.3 Å². The van der Waals surface area contributed by atoms with Crippen molar-refractivity contribution in [1.29, 1.82) is 0 Å². The van der Waals surface area contributed by atoms with Crippen LogP contribution in [0.1, 0.15) is 76.1 Å². The number of carbonyl (C=O) groups is 1. The molecule has 3 aliphatic carbocycles. The van der Waals surface area contributed by atoms with E-state index in [1.807, 2.05) is 13.0 Å². The molecule has 3 heterocycles. The van der Waals surface area contributed by atoms with Crippen molar-refractivity contribution in [3.8, 4) is 11.7 Å². The summed E-state index contributed by atoms with van der Waals surface area (Å²) in [6.45, 7) is 12.2. The van der Waals surface area contributed by atoms with E-state index in [1.54, 1.807) is 30.5 Å². The molecule has 2 aromatic rings. The van der Waals surface area contributed by atoms with Crippen molar-refractivity contribution in [2.75, 3.05) is 19.7 Å². The van der Waals surface area contributed by atoms with Crippen LogP contribution < -0.4 is 20.1 Å². The van der Waals surface area contributed by atoms with Gasteiger partial charge in [0.1, 0.15) is 11.0 Å². The molecule has 4 aliphatic rings. The van der Waals surface area contributed by atoms with Crippen LogP contribution in [0, 0.1) is 22.7 Å². The molecule has 13 heteroatoms. The fourth-order valence-corrected chi connectivity index (χ4v) is 8.61. The molecule has 3 N–H and O–H groups in total. The van der Waals surface area contributed by atoms with Gasteiger partial charge in [0.25, 0.3) is 5.91 Å². The molecule has 4 fully saturated rings. The molecule has 0 bridgehead atoms. The second-order valence-electron chi connectivity index (χ2n) is 14.0. The van der Waals surface area contributed by atoms with Gasteiger partial charge in [-0.05, 0) is 113 Å². The lowest BCUT2D eigenvalue weighted by atomic mass is 9.51. The number of rotatable bonds is 14. The number of aliphatic imine (C=N–C) groups is 1. The van der Waals surface area contributed by atoms with Crippen LogP contribution in [0.3, 0.4) is 0 Å². The first-order chi connectivity index (χ1) is 21.9. The summed E-state index contributed by atoms with van der Waals surface area (Å²) in [6.07, 6.45) is 13.5. The molecule has 2 spiro atoms. The minimum atomic E-state index is -0.877. The third kappa shape index (κ3) is 6.81. The molecule has 1 saturated heterocycles. The zero-order chi connectivity index (χ0) is 32.7. The van der Waals surface area contributed by atoms with E-state index >= 15 is 0 Å². The lowest BCUT2D eigenvalue weighted by Gasteiger charge is -2.26. The first-order valence-corrected chi connectivity index (χ1v) is 17.4. The highest BCUT2D eigenvalue weighted by Crippen LogP contribution is 2.95. The maximum absolute atomic E-state index is 13.0. The quantitative estimate of drug-likeness (QED) is 0.0614. The van der Waals surface area contributed by atoms with Crippen molar-refractivity contribution in [3.63, 3.8) is 0 Å². The summed E-state index contributed by atoms with van der Waals surface area (Å²) in [5.41, 5.74) is 1.22. The molecule has 6 rings (SSSR count). The highest BCUT2D eigenvalue weighted by atomic mass is 35.5. The Hall–Kier alpha value is -2.69. The highest BCUT2D eigenvalue weighted by molar-refractivity contribution is 8.01. The van der Waals surface area contributed by atoms with Crippen LogP contribution in [0.25, 0.3) is 5.82 Å². The fraction of sp³-hybridized carbons (Fsp3) is 0.576. The Morgan fingerprint density at radius 2 is 2.02 bits per heavy atom. The number of amidine groups is 1. The number of nitrogens with one attached hydrogen (secondary N) is 3. The van der Waals surface area contributed by atoms with Gasteiger partial charge in [-0.25, -0.2) is 9.67 Å². The zero-order valence-corrected chi connectivity index (χ0v) is 28.5. The monoisotopic (exact) mass is 657 g/mol. The number of amides is 1. The first kappa shape index (κ1) is 33.2. The number of fused-ring (bicyclic) bond motifs is 1. The predicted molar refractivity (Wildman–Crippen MR) is 187 cm³/mol. The number of nitrogens with zero attached hydrogens (tertiary/aromatic N) is 4. The largest absolute Gasteiger partial charge is 0.478 e. The maximum Gasteiger partial charge on any atom is 0.264 e. The van der Waals surface area contributed by atoms with Crippen LogP contribution in [-0.4, -0.2) is 67.4 Å². The fourth-order valence-electron chi connectivity index (χ4n) is 7.79. The molecule has 1 aliphatic heterocycles. The van der Waals surface area contributed by atoms with Crippen molar-refractivity contribution in [3.05, 3.63) is 58.9 Å². The SMILES string of the molecule is [B]C([B])(COc1ccn(-c2ccc(C(=O)NS/C(=C/C)NC(C=C)=NCCCC3CNC(C)(C)C3)c(Cl)n2)n1)C1C2(CC2)C12CC2. The van der Waals surface area contributed by atoms with Crippen molar-refractivity contribution in [2.45, 2.75) is 76.5 Å². The predicted octanol–water partition coefficient (Wildman–Crippen LogP) is 5.52. The lowest BCUT2D eigenvalue weighted by Crippen LogP contribution is -2.31. The number of halogens is 1. The van der Waals surface area contributed by atoms with E-state index < -0.39 is 5.21 Å². The van der Waals surface area contributed by atoms with Crippen LogP contribution in [0.5, 0.6) is 5.88 Å². The van der Waals surface area contributed by atoms with Crippen LogP contribution in [0.15, 0.2) is 53.1 Å². The summed E-state index contributed by atoms with van der Waals surface area (Å²) in [4.78, 5) is 22.0. The van der Waals surface area contributed by atoms with Crippen molar-refractivity contribution < 1.29 is 9.53 Å². The Morgan fingerprint density at radius 3 is 2.63 bits per heavy atom. The van der Waals surface area contributed by atoms with Gasteiger partial charge in [0.2, 0.25) is 5.88 Å². The first-order valence-electron chi connectivity index (χ1n) is 16.2. The Bertz CT molecular complexity index is 1530. The van der Waals surface area contributed by atoms with E-state index in [1.165, 1.54) is 36.8 Å². The Morgan fingerprint density at radius 1 is 1.28 bits per heavy atom. The van der Waals surface area contributed by atoms with Gasteiger partial charge in [-0.3, -0.25) is 14.5 Å². The van der Waals surface area contributed by atoms with E-state index in [-0.39, 0.29) is 28.8 Å². The van der Waals surface area contributed by atoms with Gasteiger partial charge in [-0.15, -0.1) is 5.10 Å². The average Bonchev–Trinajstić information content (AvgIpc) is 3.98. The molecule has 1 unspecified atom stereocenters. The van der Waals surface area contributed by atoms with Crippen molar-refractivity contribution in [1.82, 2.24) is 30.1 Å². The van der Waals surface area contributed by atoms with E-state index in [0.717, 1.165) is 31.3 Å². The number of pyridine rings is 1. The molecule has 46 heavy (non-hydrogen) atoms. The van der Waals surface area contributed by atoms with Crippen molar-refractivity contribution in [2.24, 2.45) is 27.7 Å². The van der Waals surface area contributed by atoms with E-state index in [9.17, 15) is 4.79 Å². The Labute approximate surface area is 284 Å². The standard InChI is InChI=1S/C33H42B2ClN7O2S/c1-5-23(37-16-7-8-21-18-30(3,4)38-19-21)39-26(6-2)46-42-28(44)22-9-10-24(40-27(22)36)43-17-11-25(41-43)45-20-33(34,35)29-31(12-13-31)32(29)14-15-32/h5-6,9-11,17,21,29,38H,1,7-8,12-16,18-20H2,2-4H3,(H,37,39)(H,42,44)/b26-6+. The molecular weight excluding hydrogens is 616 g/mol. The number of aromatic nitrogens is 3. The summed E-state index contributed by atoms with van der Waals surface area (Å²) >= 11 is 7.58. The second kappa shape index (κ2) is 12.7. The van der Waals surface area contributed by atoms with Crippen molar-refractivity contribution >= 4 is 51.0 Å². The number of ether oxygens (including phenoxy) is 1. The van der Waals surface area contributed by atoms with Crippen LogP contribution >= 0.6 is 23.5 Å². The number of hydrogen-bond donors (Lipinski definition) is 3. The van der Waals surface area contributed by atoms with Gasteiger partial charge in [0.15, 0.2) is 5.82 Å². The molecule has 0 aromatic carbocycles. The second-order valence-corrected chi connectivity index (χ2v) is 15.2. The van der Waals surface area contributed by atoms with E-state index in [2.05, 4.69) is 50.9 Å². The number of carbonyl (C=O) groups excluding carboxylic acids is 1. The summed E-state index contributed by atoms with van der Waals surface area (Å²) in [5, 5.41) is 11.2. The third-order valence-electron chi connectivity index (χ3n) is 10.2. The Kier molecular flexibility index (Phi) is 9.19. The smallest absolute Gasteiger partial charge is 0.264 e. The molecular formula is C33H42B2ClN7O2S. The normalized spacial score (nSPS) is 22.6. The maximum atomic E-state index is 13.0. The molecule has 9 nitrogen and oxygen atoms in total. The topological polar surface area (TPSA) is 105 Å². The Balaban J connectivity index is 0.968. The molecule has 4 radical (unpaired) electrons. The van der Waals surface area contributed by atoms with Crippen LogP contribution in [0.4, 0.5) is 0 Å². The zero-order valence-electron chi connectivity index (χ0n) is 26.9. The van der Waals surface area contributed by atoms with Gasteiger partial charge >= 0.3 is 0 Å². The van der Waals surface area contributed by atoms with Crippen LogP contribution in [0.2, 0.25) is 10.4 Å². The summed E-state index contributed by atoms with van der Waals surface area (Å²) in [5.74, 6) is 2.13. The summed E-state index contributed by atoms with van der Waals surface area (Å²) in [6, 6.07) is 5.02. The molecule has 1 atom stereocenters. The average molecular weight is 658 g/mol. The summed E-state index contributed by atoms with van der Waals surface area (Å²) < 4.78 is 10.3.